The van der Waals surface area contributed by atoms with Crippen molar-refractivity contribution in [2.75, 3.05) is 18.8 Å². The van der Waals surface area contributed by atoms with Gasteiger partial charge < -0.3 is 9.64 Å². The van der Waals surface area contributed by atoms with Gasteiger partial charge in [0.15, 0.2) is 0 Å². The standard InChI is InChI=1S/C12H22N2O4S/c1-12(2,3)18-11(15)14-6-4-10-9(8-14)5-7-19(16,17)13-10/h9-10,13H,4-8H2,1-3H3. The number of hydrogen-bond donors (Lipinski definition) is 1. The lowest BCUT2D eigenvalue weighted by molar-refractivity contribution is 0.0136. The quantitative estimate of drug-likeness (QED) is 0.720. The van der Waals surface area contributed by atoms with Crippen molar-refractivity contribution in [1.29, 1.82) is 0 Å². The molecule has 0 aromatic rings. The molecule has 19 heavy (non-hydrogen) atoms. The largest absolute Gasteiger partial charge is 0.444 e. The Balaban J connectivity index is 1.95. The van der Waals surface area contributed by atoms with Crippen molar-refractivity contribution < 1.29 is 17.9 Å². The van der Waals surface area contributed by atoms with E-state index in [0.29, 0.717) is 25.9 Å². The van der Waals surface area contributed by atoms with Gasteiger partial charge in [-0.1, -0.05) is 0 Å². The summed E-state index contributed by atoms with van der Waals surface area (Å²) in [5.74, 6) is 0.348. The van der Waals surface area contributed by atoms with E-state index in [1.165, 1.54) is 0 Å². The fraction of sp³-hybridized carbons (Fsp3) is 0.917. The van der Waals surface area contributed by atoms with E-state index in [0.717, 1.165) is 0 Å². The van der Waals surface area contributed by atoms with Crippen LogP contribution in [0.3, 0.4) is 0 Å². The van der Waals surface area contributed by atoms with Crippen LogP contribution in [0.1, 0.15) is 33.6 Å². The highest BCUT2D eigenvalue weighted by molar-refractivity contribution is 7.89. The number of piperidine rings is 1. The maximum atomic E-state index is 12.0. The number of nitrogens with zero attached hydrogens (tertiary/aromatic N) is 1. The summed E-state index contributed by atoms with van der Waals surface area (Å²) >= 11 is 0. The molecule has 0 aromatic heterocycles. The Hall–Kier alpha value is -0.820. The van der Waals surface area contributed by atoms with Crippen LogP contribution in [0, 0.1) is 5.92 Å². The highest BCUT2D eigenvalue weighted by atomic mass is 32.2. The van der Waals surface area contributed by atoms with E-state index >= 15 is 0 Å². The van der Waals surface area contributed by atoms with E-state index < -0.39 is 15.6 Å². The summed E-state index contributed by atoms with van der Waals surface area (Å²) < 4.78 is 31.0. The second-order valence-corrected chi connectivity index (χ2v) is 8.18. The van der Waals surface area contributed by atoms with Gasteiger partial charge in [0.2, 0.25) is 10.0 Å². The molecular weight excluding hydrogens is 268 g/mol. The number of rotatable bonds is 0. The van der Waals surface area contributed by atoms with Crippen molar-refractivity contribution in [3.63, 3.8) is 0 Å². The van der Waals surface area contributed by atoms with Crippen molar-refractivity contribution >= 4 is 16.1 Å². The monoisotopic (exact) mass is 290 g/mol. The molecule has 0 bridgehead atoms. The zero-order valence-corrected chi connectivity index (χ0v) is 12.5. The summed E-state index contributed by atoms with van der Waals surface area (Å²) in [6, 6.07) is -0.0302. The molecule has 1 amide bonds. The van der Waals surface area contributed by atoms with Crippen LogP contribution in [-0.2, 0) is 14.8 Å². The fourth-order valence-corrected chi connectivity index (χ4v) is 4.07. The average Bonchev–Trinajstić information content (AvgIpc) is 2.24. The predicted molar refractivity (Wildman–Crippen MR) is 71.2 cm³/mol. The van der Waals surface area contributed by atoms with Gasteiger partial charge >= 0.3 is 6.09 Å². The van der Waals surface area contributed by atoms with Crippen LogP contribution in [0.25, 0.3) is 0 Å². The highest BCUT2D eigenvalue weighted by Crippen LogP contribution is 2.26. The molecule has 0 spiro atoms. The Kier molecular flexibility index (Phi) is 3.79. The number of fused-ring (bicyclic) bond motifs is 1. The van der Waals surface area contributed by atoms with E-state index in [2.05, 4.69) is 4.72 Å². The SMILES string of the molecule is CC(C)(C)OC(=O)N1CCC2NS(=O)(=O)CCC2C1. The topological polar surface area (TPSA) is 75.7 Å². The van der Waals surface area contributed by atoms with Gasteiger partial charge in [0.05, 0.1) is 5.75 Å². The van der Waals surface area contributed by atoms with Gasteiger partial charge in [0, 0.05) is 19.1 Å². The number of ether oxygens (including phenoxy) is 1. The van der Waals surface area contributed by atoms with Crippen LogP contribution in [-0.4, -0.2) is 49.9 Å². The van der Waals surface area contributed by atoms with Crippen LogP contribution < -0.4 is 4.72 Å². The fourth-order valence-electron chi connectivity index (χ4n) is 2.57. The second kappa shape index (κ2) is 4.94. The van der Waals surface area contributed by atoms with Crippen molar-refractivity contribution in [1.82, 2.24) is 9.62 Å². The number of likely N-dealkylation sites (tertiary alicyclic amines) is 1. The summed E-state index contributed by atoms with van der Waals surface area (Å²) in [4.78, 5) is 13.7. The first-order valence-electron chi connectivity index (χ1n) is 6.64. The molecule has 2 fully saturated rings. The van der Waals surface area contributed by atoms with Gasteiger partial charge in [-0.05, 0) is 39.5 Å². The van der Waals surface area contributed by atoms with Crippen molar-refractivity contribution in [3.8, 4) is 0 Å². The minimum atomic E-state index is -3.10. The summed E-state index contributed by atoms with van der Waals surface area (Å²) in [5, 5.41) is 0. The molecule has 7 heteroatoms. The molecular formula is C12H22N2O4S. The lowest BCUT2D eigenvalue weighted by atomic mass is 9.91. The zero-order chi connectivity index (χ0) is 14.3. The first-order valence-corrected chi connectivity index (χ1v) is 8.29. The zero-order valence-electron chi connectivity index (χ0n) is 11.7. The number of sulfonamides is 1. The second-order valence-electron chi connectivity index (χ2n) is 6.31. The average molecular weight is 290 g/mol. The van der Waals surface area contributed by atoms with E-state index in [4.69, 9.17) is 4.74 Å². The lowest BCUT2D eigenvalue weighted by Crippen LogP contribution is -2.56. The van der Waals surface area contributed by atoms with Crippen LogP contribution in [0.2, 0.25) is 0 Å². The van der Waals surface area contributed by atoms with Gasteiger partial charge in [0.1, 0.15) is 5.60 Å². The van der Waals surface area contributed by atoms with Gasteiger partial charge in [-0.3, -0.25) is 0 Å². The van der Waals surface area contributed by atoms with E-state index in [1.807, 2.05) is 20.8 Å². The van der Waals surface area contributed by atoms with Crippen molar-refractivity contribution in [2.24, 2.45) is 5.92 Å². The van der Waals surface area contributed by atoms with E-state index in [-0.39, 0.29) is 23.8 Å². The first kappa shape index (κ1) is 14.6. The number of carbonyl (C=O) groups excluding carboxylic acids is 1. The summed E-state index contributed by atoms with van der Waals surface area (Å²) in [6.45, 7) is 6.63. The van der Waals surface area contributed by atoms with E-state index in [9.17, 15) is 13.2 Å². The molecule has 0 aromatic carbocycles. The molecule has 1 N–H and O–H groups in total. The maximum Gasteiger partial charge on any atom is 0.410 e. The number of carbonyl (C=O) groups is 1. The van der Waals surface area contributed by atoms with Crippen LogP contribution >= 0.6 is 0 Å². The Morgan fingerprint density at radius 1 is 1.32 bits per heavy atom. The summed E-state index contributed by atoms with van der Waals surface area (Å²) in [5.41, 5.74) is -0.498. The van der Waals surface area contributed by atoms with E-state index in [1.54, 1.807) is 4.90 Å². The maximum absolute atomic E-state index is 12.0. The Labute approximate surface area is 114 Å². The molecule has 2 heterocycles. The molecule has 0 radical (unpaired) electrons. The molecule has 2 saturated heterocycles. The molecule has 2 atom stereocenters. The molecule has 2 aliphatic heterocycles. The van der Waals surface area contributed by atoms with Crippen LogP contribution in [0.5, 0.6) is 0 Å². The normalized spacial score (nSPS) is 30.6. The summed E-state index contributed by atoms with van der Waals surface area (Å²) in [7, 11) is -3.10. The number of nitrogens with one attached hydrogen (secondary N) is 1. The highest BCUT2D eigenvalue weighted by Gasteiger charge is 2.38. The van der Waals surface area contributed by atoms with Crippen molar-refractivity contribution in [2.45, 2.75) is 45.3 Å². The molecule has 110 valence electrons. The first-order chi connectivity index (χ1) is 8.66. The third-order valence-corrected chi connectivity index (χ3v) is 4.91. The predicted octanol–water partition coefficient (Wildman–Crippen LogP) is 0.935. The molecule has 2 unspecified atom stereocenters. The lowest BCUT2D eigenvalue weighted by Gasteiger charge is -2.41. The Bertz CT molecular complexity index is 455. The number of amides is 1. The van der Waals surface area contributed by atoms with Gasteiger partial charge in [0.25, 0.3) is 0 Å². The molecule has 2 aliphatic rings. The minimum absolute atomic E-state index is 0.0302. The number of hydrogen-bond acceptors (Lipinski definition) is 4. The molecule has 2 rings (SSSR count). The minimum Gasteiger partial charge on any atom is -0.444 e. The smallest absolute Gasteiger partial charge is 0.410 e. The molecule has 0 saturated carbocycles. The molecule has 0 aliphatic carbocycles. The van der Waals surface area contributed by atoms with Crippen molar-refractivity contribution in [3.05, 3.63) is 0 Å². The third-order valence-electron chi connectivity index (χ3n) is 3.47. The Morgan fingerprint density at radius 2 is 2.00 bits per heavy atom. The molecule has 6 nitrogen and oxygen atoms in total. The van der Waals surface area contributed by atoms with Gasteiger partial charge in [-0.2, -0.15) is 0 Å². The Morgan fingerprint density at radius 3 is 2.63 bits per heavy atom. The van der Waals surface area contributed by atoms with Crippen LogP contribution in [0.4, 0.5) is 4.79 Å². The van der Waals surface area contributed by atoms with Gasteiger partial charge in [-0.25, -0.2) is 17.9 Å². The van der Waals surface area contributed by atoms with Gasteiger partial charge in [-0.15, -0.1) is 0 Å². The third kappa shape index (κ3) is 3.82. The summed E-state index contributed by atoms with van der Waals surface area (Å²) in [6.07, 6.45) is 0.960. The van der Waals surface area contributed by atoms with Crippen LogP contribution in [0.15, 0.2) is 0 Å².